The van der Waals surface area contributed by atoms with Gasteiger partial charge in [0.15, 0.2) is 0 Å². The quantitative estimate of drug-likeness (QED) is 0.136. The van der Waals surface area contributed by atoms with E-state index in [0.29, 0.717) is 0 Å². The maximum atomic E-state index is 2.41. The van der Waals surface area contributed by atoms with Crippen LogP contribution in [0.3, 0.4) is 0 Å². The van der Waals surface area contributed by atoms with Gasteiger partial charge in [0.05, 0.1) is 16.7 Å². The molecule has 12 aromatic rings. The molecule has 0 spiro atoms. The Kier molecular flexibility index (Phi) is 10.2. The van der Waals surface area contributed by atoms with Crippen molar-refractivity contribution < 1.29 is 0 Å². The first-order chi connectivity index (χ1) is 33.2. The number of hydrogen-bond acceptors (Lipinski definition) is 2. The summed E-state index contributed by atoms with van der Waals surface area (Å²) in [5.41, 5.74) is 17.2. The van der Waals surface area contributed by atoms with E-state index in [1.54, 1.807) is 0 Å². The highest BCUT2D eigenvalue weighted by Crippen LogP contribution is 2.45. The minimum atomic E-state index is 1.08. The van der Waals surface area contributed by atoms with Gasteiger partial charge in [0.25, 0.3) is 0 Å². The average Bonchev–Trinajstić information content (AvgIpc) is 3.74. The van der Waals surface area contributed by atoms with Crippen molar-refractivity contribution in [2.45, 2.75) is 0 Å². The standard InChI is InChI=1S/C64H45N3/c1-5-18-46(19-6-1)48-32-36-53(37-33-48)65(55-27-17-22-50(44-55)47-20-7-2-8-21-47)54-38-34-49(35-39-54)57-41-43-63(59-29-14-13-28-58(57)59)66(51-23-9-3-10-24-51)56-40-42-64-61(45-56)60-30-15-16-31-62(60)67(64)52-25-11-4-12-26-52/h1-45H. The van der Waals surface area contributed by atoms with Crippen LogP contribution in [0.4, 0.5) is 34.1 Å². The van der Waals surface area contributed by atoms with Crippen LogP contribution >= 0.6 is 0 Å². The van der Waals surface area contributed by atoms with Gasteiger partial charge >= 0.3 is 0 Å². The third kappa shape index (κ3) is 7.39. The van der Waals surface area contributed by atoms with E-state index < -0.39 is 0 Å². The van der Waals surface area contributed by atoms with Crippen molar-refractivity contribution in [2.24, 2.45) is 0 Å². The molecule has 0 bridgehead atoms. The van der Waals surface area contributed by atoms with E-state index in [-0.39, 0.29) is 0 Å². The number of nitrogens with zero attached hydrogens (tertiary/aromatic N) is 3. The van der Waals surface area contributed by atoms with Crippen LogP contribution in [0.25, 0.3) is 71.6 Å². The highest BCUT2D eigenvalue weighted by atomic mass is 15.1. The Balaban J connectivity index is 0.954. The van der Waals surface area contributed by atoms with Crippen molar-refractivity contribution in [3.63, 3.8) is 0 Å². The van der Waals surface area contributed by atoms with E-state index in [4.69, 9.17) is 0 Å². The zero-order valence-corrected chi connectivity index (χ0v) is 36.8. The first-order valence-electron chi connectivity index (χ1n) is 22.9. The Bertz CT molecular complexity index is 3660. The molecule has 67 heavy (non-hydrogen) atoms. The number of aromatic nitrogens is 1. The largest absolute Gasteiger partial charge is 0.310 e. The van der Waals surface area contributed by atoms with Crippen molar-refractivity contribution in [2.75, 3.05) is 9.80 Å². The number of benzene rings is 11. The molecule has 0 radical (unpaired) electrons. The zero-order valence-electron chi connectivity index (χ0n) is 36.8. The molecule has 0 saturated heterocycles. The Labute approximate surface area is 391 Å². The molecule has 0 atom stereocenters. The molecule has 3 heteroatoms. The van der Waals surface area contributed by atoms with E-state index in [1.807, 2.05) is 0 Å². The fourth-order valence-electron chi connectivity index (χ4n) is 9.82. The maximum Gasteiger partial charge on any atom is 0.0542 e. The van der Waals surface area contributed by atoms with Crippen molar-refractivity contribution in [3.8, 4) is 39.1 Å². The number of rotatable bonds is 10. The third-order valence-corrected chi connectivity index (χ3v) is 13.0. The van der Waals surface area contributed by atoms with Crippen molar-refractivity contribution in [1.29, 1.82) is 0 Å². The summed E-state index contributed by atoms with van der Waals surface area (Å²) in [7, 11) is 0. The van der Waals surface area contributed by atoms with Crippen molar-refractivity contribution in [3.05, 3.63) is 273 Å². The maximum absolute atomic E-state index is 2.41. The van der Waals surface area contributed by atoms with Crippen LogP contribution in [0.5, 0.6) is 0 Å². The highest BCUT2D eigenvalue weighted by molar-refractivity contribution is 6.12. The molecule has 0 aliphatic heterocycles. The van der Waals surface area contributed by atoms with Gasteiger partial charge in [0.1, 0.15) is 0 Å². The van der Waals surface area contributed by atoms with Gasteiger partial charge in [-0.1, -0.05) is 182 Å². The van der Waals surface area contributed by atoms with Gasteiger partial charge in [-0.15, -0.1) is 0 Å². The molecule has 0 fully saturated rings. The molecule has 0 unspecified atom stereocenters. The van der Waals surface area contributed by atoms with E-state index in [0.717, 1.165) is 45.4 Å². The molecule has 0 aliphatic rings. The van der Waals surface area contributed by atoms with Crippen LogP contribution in [0.2, 0.25) is 0 Å². The van der Waals surface area contributed by atoms with E-state index in [9.17, 15) is 0 Å². The number of anilines is 6. The number of hydrogen-bond donors (Lipinski definition) is 0. The molecule has 1 heterocycles. The Morgan fingerprint density at radius 2 is 0.701 bits per heavy atom. The van der Waals surface area contributed by atoms with Crippen LogP contribution in [-0.4, -0.2) is 4.57 Å². The average molecular weight is 856 g/mol. The van der Waals surface area contributed by atoms with Gasteiger partial charge in [-0.3, -0.25) is 0 Å². The highest BCUT2D eigenvalue weighted by Gasteiger charge is 2.21. The van der Waals surface area contributed by atoms with Gasteiger partial charge in [-0.2, -0.15) is 0 Å². The van der Waals surface area contributed by atoms with Gasteiger partial charge in [0.2, 0.25) is 0 Å². The fraction of sp³-hybridized carbons (Fsp3) is 0. The molecular weight excluding hydrogens is 811 g/mol. The van der Waals surface area contributed by atoms with Gasteiger partial charge < -0.3 is 14.4 Å². The van der Waals surface area contributed by atoms with Crippen LogP contribution in [-0.2, 0) is 0 Å². The Morgan fingerprint density at radius 3 is 1.39 bits per heavy atom. The Hall–Kier alpha value is -8.92. The van der Waals surface area contributed by atoms with Crippen LogP contribution in [0, 0.1) is 0 Å². The summed E-state index contributed by atoms with van der Waals surface area (Å²) in [4.78, 5) is 4.77. The summed E-state index contributed by atoms with van der Waals surface area (Å²) in [6.45, 7) is 0. The normalized spacial score (nSPS) is 11.3. The molecule has 1 aromatic heterocycles. The monoisotopic (exact) mass is 855 g/mol. The van der Waals surface area contributed by atoms with E-state index >= 15 is 0 Å². The van der Waals surface area contributed by atoms with Crippen molar-refractivity contribution >= 4 is 66.7 Å². The molecule has 3 nitrogen and oxygen atoms in total. The summed E-state index contributed by atoms with van der Waals surface area (Å²) in [5, 5.41) is 4.82. The van der Waals surface area contributed by atoms with Gasteiger partial charge in [-0.05, 0) is 130 Å². The summed E-state index contributed by atoms with van der Waals surface area (Å²) in [6.07, 6.45) is 0. The molecule has 0 amide bonds. The first kappa shape index (κ1) is 39.7. The molecule has 0 aliphatic carbocycles. The van der Waals surface area contributed by atoms with E-state index in [2.05, 4.69) is 287 Å². The predicted octanol–water partition coefficient (Wildman–Crippen LogP) is 17.9. The first-order valence-corrected chi connectivity index (χ1v) is 22.9. The van der Waals surface area contributed by atoms with Gasteiger partial charge in [-0.25, -0.2) is 0 Å². The number of fused-ring (bicyclic) bond motifs is 4. The van der Waals surface area contributed by atoms with Crippen LogP contribution < -0.4 is 9.80 Å². The lowest BCUT2D eigenvalue weighted by atomic mass is 9.96. The van der Waals surface area contributed by atoms with Crippen LogP contribution in [0.15, 0.2) is 273 Å². The van der Waals surface area contributed by atoms with Crippen molar-refractivity contribution in [1.82, 2.24) is 4.57 Å². The summed E-state index contributed by atoms with van der Waals surface area (Å²) in [5.74, 6) is 0. The summed E-state index contributed by atoms with van der Waals surface area (Å²) in [6, 6.07) is 98.5. The molecule has 0 saturated carbocycles. The smallest absolute Gasteiger partial charge is 0.0542 e. The number of para-hydroxylation sites is 3. The minimum Gasteiger partial charge on any atom is -0.310 e. The molecule has 11 aromatic carbocycles. The van der Waals surface area contributed by atoms with Crippen LogP contribution in [0.1, 0.15) is 0 Å². The zero-order chi connectivity index (χ0) is 44.5. The second-order valence-electron chi connectivity index (χ2n) is 16.9. The fourth-order valence-corrected chi connectivity index (χ4v) is 9.82. The molecule has 0 N–H and O–H groups in total. The van der Waals surface area contributed by atoms with E-state index in [1.165, 1.54) is 60.4 Å². The molecule has 316 valence electrons. The molecular formula is C64H45N3. The predicted molar refractivity (Wildman–Crippen MR) is 284 cm³/mol. The lowest BCUT2D eigenvalue weighted by molar-refractivity contribution is 1.18. The minimum absolute atomic E-state index is 1.08. The SMILES string of the molecule is c1ccc(-c2ccc(N(c3ccc(-c4ccc(N(c5ccccc5)c5ccc6c(c5)c5ccccc5n6-c5ccccc5)c5ccccc45)cc3)c3cccc(-c4ccccc4)c3)cc2)cc1. The second kappa shape index (κ2) is 17.2. The summed E-state index contributed by atoms with van der Waals surface area (Å²) < 4.78 is 2.37. The topological polar surface area (TPSA) is 11.4 Å². The third-order valence-electron chi connectivity index (χ3n) is 13.0. The second-order valence-corrected chi connectivity index (χ2v) is 16.9. The lowest BCUT2D eigenvalue weighted by Gasteiger charge is -2.28. The van der Waals surface area contributed by atoms with Gasteiger partial charge in [0, 0.05) is 50.3 Å². The molecule has 12 rings (SSSR count). The lowest BCUT2D eigenvalue weighted by Crippen LogP contribution is -2.10. The summed E-state index contributed by atoms with van der Waals surface area (Å²) >= 11 is 0. The Morgan fingerprint density at radius 1 is 0.239 bits per heavy atom.